The summed E-state index contributed by atoms with van der Waals surface area (Å²) < 4.78 is 1.12. The number of amides is 1. The summed E-state index contributed by atoms with van der Waals surface area (Å²) in [4.78, 5) is 14.6. The average molecular weight is 345 g/mol. The van der Waals surface area contributed by atoms with Crippen molar-refractivity contribution in [2.75, 3.05) is 20.1 Å². The number of carbonyl (C=O) groups is 1. The first-order chi connectivity index (χ1) is 9.07. The minimum Gasteiger partial charge on any atom is -0.341 e. The van der Waals surface area contributed by atoms with Crippen LogP contribution in [0.15, 0.2) is 15.2 Å². The minimum atomic E-state index is -0.194. The number of nitrogens with zero attached hydrogens (tertiary/aromatic N) is 1. The summed E-state index contributed by atoms with van der Waals surface area (Å²) in [5.74, 6) is 0.282. The fraction of sp³-hybridized carbons (Fsp3) is 0.643. The molecule has 106 valence electrons. The van der Waals surface area contributed by atoms with Gasteiger partial charge >= 0.3 is 0 Å². The van der Waals surface area contributed by atoms with Gasteiger partial charge in [0.05, 0.1) is 9.20 Å². The standard InChI is InChI=1S/C14H21BrN2OS/c1-3-14(5-4-6-16-10-14)13(18)17(2)8-11-7-12(15)19-9-11/h7,9,16H,3-6,8,10H2,1-2H3. The van der Waals surface area contributed by atoms with Crippen LogP contribution in [0.2, 0.25) is 0 Å². The van der Waals surface area contributed by atoms with E-state index < -0.39 is 0 Å². The smallest absolute Gasteiger partial charge is 0.230 e. The van der Waals surface area contributed by atoms with Gasteiger partial charge in [-0.25, -0.2) is 0 Å². The molecule has 1 saturated heterocycles. The van der Waals surface area contributed by atoms with Crippen LogP contribution in [0, 0.1) is 5.41 Å². The van der Waals surface area contributed by atoms with Crippen molar-refractivity contribution in [2.45, 2.75) is 32.7 Å². The van der Waals surface area contributed by atoms with Gasteiger partial charge < -0.3 is 10.2 Å². The third kappa shape index (κ3) is 3.38. The Morgan fingerprint density at radius 1 is 1.63 bits per heavy atom. The van der Waals surface area contributed by atoms with Gasteiger partial charge in [0, 0.05) is 20.1 Å². The van der Waals surface area contributed by atoms with E-state index in [0.717, 1.165) is 36.1 Å². The second-order valence-electron chi connectivity index (χ2n) is 5.33. The van der Waals surface area contributed by atoms with Crippen LogP contribution in [0.5, 0.6) is 0 Å². The number of hydrogen-bond donors (Lipinski definition) is 1. The SMILES string of the molecule is CCC1(C(=O)N(C)Cc2csc(Br)c2)CCCNC1. The van der Waals surface area contributed by atoms with Gasteiger partial charge in [0.25, 0.3) is 0 Å². The second kappa shape index (κ2) is 6.37. The van der Waals surface area contributed by atoms with Gasteiger partial charge in [-0.2, -0.15) is 0 Å². The summed E-state index contributed by atoms with van der Waals surface area (Å²) in [5, 5.41) is 5.48. The molecular formula is C14H21BrN2OS. The molecule has 0 aliphatic carbocycles. The Labute approximate surface area is 127 Å². The molecule has 0 radical (unpaired) electrons. The van der Waals surface area contributed by atoms with E-state index in [9.17, 15) is 4.79 Å². The Kier molecular flexibility index (Phi) is 5.03. The van der Waals surface area contributed by atoms with Gasteiger partial charge in [-0.3, -0.25) is 4.79 Å². The maximum absolute atomic E-state index is 12.7. The van der Waals surface area contributed by atoms with Crippen molar-refractivity contribution in [1.82, 2.24) is 10.2 Å². The van der Waals surface area contributed by atoms with Crippen molar-refractivity contribution in [3.63, 3.8) is 0 Å². The highest BCUT2D eigenvalue weighted by Gasteiger charge is 2.39. The minimum absolute atomic E-state index is 0.194. The topological polar surface area (TPSA) is 32.3 Å². The summed E-state index contributed by atoms with van der Waals surface area (Å²) in [7, 11) is 1.92. The quantitative estimate of drug-likeness (QED) is 0.909. The molecule has 0 bridgehead atoms. The molecule has 1 amide bonds. The molecule has 1 unspecified atom stereocenters. The number of piperidine rings is 1. The molecule has 1 fully saturated rings. The molecule has 1 aliphatic rings. The molecule has 1 atom stereocenters. The maximum Gasteiger partial charge on any atom is 0.230 e. The van der Waals surface area contributed by atoms with Crippen LogP contribution >= 0.6 is 27.3 Å². The van der Waals surface area contributed by atoms with Crippen molar-refractivity contribution >= 4 is 33.2 Å². The number of carbonyl (C=O) groups excluding carboxylic acids is 1. The van der Waals surface area contributed by atoms with E-state index >= 15 is 0 Å². The van der Waals surface area contributed by atoms with Crippen molar-refractivity contribution in [3.05, 3.63) is 20.8 Å². The normalized spacial score (nSPS) is 23.3. The fourth-order valence-corrected chi connectivity index (χ4v) is 3.98. The van der Waals surface area contributed by atoms with Gasteiger partial charge in [-0.05, 0) is 58.7 Å². The number of nitrogens with one attached hydrogen (secondary N) is 1. The van der Waals surface area contributed by atoms with Crippen LogP contribution < -0.4 is 5.32 Å². The summed E-state index contributed by atoms with van der Waals surface area (Å²) in [5.41, 5.74) is 1.00. The lowest BCUT2D eigenvalue weighted by Gasteiger charge is -2.38. The number of thiophene rings is 1. The molecule has 0 spiro atoms. The zero-order valence-corrected chi connectivity index (χ0v) is 13.9. The highest BCUT2D eigenvalue weighted by molar-refractivity contribution is 9.11. The van der Waals surface area contributed by atoms with E-state index in [-0.39, 0.29) is 11.3 Å². The van der Waals surface area contributed by atoms with E-state index in [1.165, 1.54) is 5.56 Å². The second-order valence-corrected chi connectivity index (χ2v) is 7.62. The zero-order chi connectivity index (χ0) is 13.9. The lowest BCUT2D eigenvalue weighted by atomic mass is 9.77. The fourth-order valence-electron chi connectivity index (χ4n) is 2.78. The predicted octanol–water partition coefficient (Wildman–Crippen LogP) is 3.25. The molecule has 2 heterocycles. The third-order valence-electron chi connectivity index (χ3n) is 3.99. The van der Waals surface area contributed by atoms with Crippen LogP contribution in [-0.4, -0.2) is 30.9 Å². The molecule has 5 heteroatoms. The Hall–Kier alpha value is -0.390. The number of halogens is 1. The molecule has 19 heavy (non-hydrogen) atoms. The van der Waals surface area contributed by atoms with Crippen LogP contribution in [0.4, 0.5) is 0 Å². The number of rotatable bonds is 4. The van der Waals surface area contributed by atoms with E-state index in [4.69, 9.17) is 0 Å². The van der Waals surface area contributed by atoms with Gasteiger partial charge in [0.2, 0.25) is 5.91 Å². The summed E-state index contributed by atoms with van der Waals surface area (Å²) in [6.45, 7) is 4.68. The molecule has 2 rings (SSSR count). The molecule has 1 aromatic rings. The average Bonchev–Trinajstić information content (AvgIpc) is 2.84. The molecule has 1 aliphatic heterocycles. The molecule has 3 nitrogen and oxygen atoms in total. The van der Waals surface area contributed by atoms with E-state index in [1.54, 1.807) is 11.3 Å². The summed E-state index contributed by atoms with van der Waals surface area (Å²) in [6, 6.07) is 2.09. The molecule has 1 N–H and O–H groups in total. The zero-order valence-electron chi connectivity index (χ0n) is 11.5. The van der Waals surface area contributed by atoms with Gasteiger partial charge in [-0.15, -0.1) is 11.3 Å². The van der Waals surface area contributed by atoms with E-state index in [2.05, 4.69) is 39.6 Å². The van der Waals surface area contributed by atoms with E-state index in [1.807, 2.05) is 11.9 Å². The highest BCUT2D eigenvalue weighted by Crippen LogP contribution is 2.32. The maximum atomic E-state index is 12.7. The van der Waals surface area contributed by atoms with E-state index in [0.29, 0.717) is 6.54 Å². The predicted molar refractivity (Wildman–Crippen MR) is 83.3 cm³/mol. The van der Waals surface area contributed by atoms with Crippen molar-refractivity contribution in [1.29, 1.82) is 0 Å². The Morgan fingerprint density at radius 3 is 2.95 bits per heavy atom. The number of hydrogen-bond acceptors (Lipinski definition) is 3. The molecule has 0 saturated carbocycles. The third-order valence-corrected chi connectivity index (χ3v) is 5.54. The lowest BCUT2D eigenvalue weighted by molar-refractivity contribution is -0.142. The van der Waals surface area contributed by atoms with Crippen molar-refractivity contribution in [3.8, 4) is 0 Å². The first-order valence-corrected chi connectivity index (χ1v) is 8.44. The molecule has 0 aromatic carbocycles. The Bertz CT molecular complexity index is 440. The Balaban J connectivity index is 2.04. The van der Waals surface area contributed by atoms with Gasteiger partial charge in [0.1, 0.15) is 0 Å². The van der Waals surface area contributed by atoms with Crippen molar-refractivity contribution < 1.29 is 4.79 Å². The van der Waals surface area contributed by atoms with Crippen LogP contribution in [0.25, 0.3) is 0 Å². The first kappa shape index (κ1) is 15.0. The summed E-state index contributed by atoms with van der Waals surface area (Å²) >= 11 is 5.13. The monoisotopic (exact) mass is 344 g/mol. The molecular weight excluding hydrogens is 324 g/mol. The highest BCUT2D eigenvalue weighted by atomic mass is 79.9. The summed E-state index contributed by atoms with van der Waals surface area (Å²) in [6.07, 6.45) is 3.01. The first-order valence-electron chi connectivity index (χ1n) is 6.76. The van der Waals surface area contributed by atoms with Gasteiger partial charge in [-0.1, -0.05) is 6.92 Å². The van der Waals surface area contributed by atoms with Crippen molar-refractivity contribution in [2.24, 2.45) is 5.41 Å². The van der Waals surface area contributed by atoms with Crippen LogP contribution in [-0.2, 0) is 11.3 Å². The van der Waals surface area contributed by atoms with Crippen LogP contribution in [0.3, 0.4) is 0 Å². The van der Waals surface area contributed by atoms with Gasteiger partial charge in [0.15, 0.2) is 0 Å². The van der Waals surface area contributed by atoms with Crippen LogP contribution in [0.1, 0.15) is 31.7 Å². The molecule has 1 aromatic heterocycles. The Morgan fingerprint density at radius 2 is 2.42 bits per heavy atom. The largest absolute Gasteiger partial charge is 0.341 e. The lowest BCUT2D eigenvalue weighted by Crippen LogP contribution is -2.50.